The quantitative estimate of drug-likeness (QED) is 0.392. The van der Waals surface area contributed by atoms with Gasteiger partial charge in [-0.15, -0.1) is 0 Å². The van der Waals surface area contributed by atoms with E-state index in [9.17, 15) is 4.79 Å². The van der Waals surface area contributed by atoms with Gasteiger partial charge in [0.2, 0.25) is 11.8 Å². The highest BCUT2D eigenvalue weighted by molar-refractivity contribution is 5.99. The summed E-state index contributed by atoms with van der Waals surface area (Å²) in [4.78, 5) is 26.0. The van der Waals surface area contributed by atoms with Crippen molar-refractivity contribution in [3.8, 4) is 28.8 Å². The van der Waals surface area contributed by atoms with E-state index in [1.807, 2.05) is 17.1 Å². The molecule has 10 heteroatoms. The molecule has 0 spiro atoms. The lowest BCUT2D eigenvalue weighted by Gasteiger charge is -2.34. The monoisotopic (exact) mass is 454 g/mol. The predicted octanol–water partition coefficient (Wildman–Crippen LogP) is 3.19. The summed E-state index contributed by atoms with van der Waals surface area (Å²) >= 11 is 0. The molecule has 1 saturated heterocycles. The number of amides is 1. The Morgan fingerprint density at radius 3 is 3.06 bits per heavy atom. The van der Waals surface area contributed by atoms with Crippen molar-refractivity contribution in [2.24, 2.45) is 5.92 Å². The third kappa shape index (κ3) is 4.51. The Labute approximate surface area is 195 Å². The van der Waals surface area contributed by atoms with Crippen molar-refractivity contribution in [2.75, 3.05) is 25.0 Å². The van der Waals surface area contributed by atoms with Crippen molar-refractivity contribution in [3.63, 3.8) is 0 Å². The Balaban J connectivity index is 1.31. The van der Waals surface area contributed by atoms with Crippen LogP contribution in [0.1, 0.15) is 0 Å². The normalized spacial score (nSPS) is 13.9. The van der Waals surface area contributed by atoms with Gasteiger partial charge in [0.1, 0.15) is 11.3 Å². The lowest BCUT2D eigenvalue weighted by Crippen LogP contribution is -2.47. The third-order valence-electron chi connectivity index (χ3n) is 5.60. The van der Waals surface area contributed by atoms with Crippen molar-refractivity contribution >= 4 is 22.8 Å². The van der Waals surface area contributed by atoms with Gasteiger partial charge >= 0.3 is 0 Å². The van der Waals surface area contributed by atoms with Gasteiger partial charge in [-0.1, -0.05) is 12.6 Å². The van der Waals surface area contributed by atoms with E-state index < -0.39 is 0 Å². The maximum atomic E-state index is 11.5. The van der Waals surface area contributed by atoms with E-state index in [0.717, 1.165) is 37.3 Å². The van der Waals surface area contributed by atoms with Crippen LogP contribution in [0, 0.1) is 17.2 Å². The first kappa shape index (κ1) is 21.4. The smallest absolute Gasteiger partial charge is 0.247 e. The fraction of sp³-hybridized carbons (Fsp3) is 0.208. The summed E-state index contributed by atoms with van der Waals surface area (Å²) in [5.74, 6) is 0.706. The number of anilines is 1. The van der Waals surface area contributed by atoms with Crippen LogP contribution >= 0.6 is 0 Å². The van der Waals surface area contributed by atoms with Crippen molar-refractivity contribution in [3.05, 3.63) is 61.7 Å². The van der Waals surface area contributed by atoms with Gasteiger partial charge in [0.05, 0.1) is 30.9 Å². The number of fused-ring (bicyclic) bond motifs is 1. The van der Waals surface area contributed by atoms with Gasteiger partial charge in [-0.05, 0) is 18.2 Å². The first-order valence-electron chi connectivity index (χ1n) is 10.8. The molecule has 1 aliphatic rings. The summed E-state index contributed by atoms with van der Waals surface area (Å²) in [7, 11) is 0. The van der Waals surface area contributed by atoms with Crippen LogP contribution in [0.4, 0.5) is 5.69 Å². The summed E-state index contributed by atoms with van der Waals surface area (Å²) in [6, 6.07) is 9.30. The predicted molar refractivity (Wildman–Crippen MR) is 126 cm³/mol. The molecule has 1 fully saturated rings. The second-order valence-electron chi connectivity index (χ2n) is 8.01. The van der Waals surface area contributed by atoms with Crippen LogP contribution < -0.4 is 10.1 Å². The molecule has 1 aromatic carbocycles. The topological polar surface area (TPSA) is 125 Å². The highest BCUT2D eigenvalue weighted by Gasteiger charge is 2.25. The number of hydrogen-bond acceptors (Lipinski definition) is 7. The number of benzene rings is 1. The molecule has 1 amide bonds. The molecule has 0 saturated carbocycles. The van der Waals surface area contributed by atoms with Crippen molar-refractivity contribution < 1.29 is 9.53 Å². The molecular formula is C24H22N8O2. The molecule has 4 aromatic rings. The minimum atomic E-state index is -0.299. The average Bonchev–Trinajstić information content (AvgIpc) is 3.45. The van der Waals surface area contributed by atoms with Crippen LogP contribution in [0.5, 0.6) is 11.6 Å². The zero-order valence-electron chi connectivity index (χ0n) is 18.3. The maximum Gasteiger partial charge on any atom is 0.247 e. The average molecular weight is 454 g/mol. The number of H-pyrrole nitrogens is 1. The standard InChI is InChI=1S/C24H22N8O2/c1-2-21(33)29-18-4-3-5-19(8-18)34-22-12-27-24-23(30-22)20(11-26-24)17-10-28-32(15-17)7-6-31-13-16(9-25)14-31/h2-5,8,10-12,15-16H,1,6-7,13-14H2,(H,26,27)(H,29,33). The minimum absolute atomic E-state index is 0.155. The molecule has 3 aromatic heterocycles. The summed E-state index contributed by atoms with van der Waals surface area (Å²) in [5.41, 5.74) is 3.70. The van der Waals surface area contributed by atoms with E-state index in [-0.39, 0.29) is 11.8 Å². The number of carbonyl (C=O) groups is 1. The fourth-order valence-electron chi connectivity index (χ4n) is 3.80. The number of aromatic amines is 1. The zero-order chi connectivity index (χ0) is 23.5. The summed E-state index contributed by atoms with van der Waals surface area (Å²) in [6.07, 6.45) is 8.39. The van der Waals surface area contributed by atoms with Gasteiger partial charge in [-0.3, -0.25) is 14.4 Å². The van der Waals surface area contributed by atoms with Crippen LogP contribution in [0.2, 0.25) is 0 Å². The van der Waals surface area contributed by atoms with Gasteiger partial charge in [-0.2, -0.15) is 10.4 Å². The first-order chi connectivity index (χ1) is 16.6. The summed E-state index contributed by atoms with van der Waals surface area (Å²) < 4.78 is 7.79. The highest BCUT2D eigenvalue weighted by Crippen LogP contribution is 2.29. The Morgan fingerprint density at radius 1 is 1.35 bits per heavy atom. The number of aromatic nitrogens is 5. The lowest BCUT2D eigenvalue weighted by atomic mass is 10.0. The summed E-state index contributed by atoms with van der Waals surface area (Å²) in [6.45, 7) is 6.72. The second kappa shape index (κ2) is 9.17. The number of nitrogens with one attached hydrogen (secondary N) is 2. The van der Waals surface area contributed by atoms with E-state index in [1.54, 1.807) is 36.7 Å². The van der Waals surface area contributed by atoms with E-state index in [4.69, 9.17) is 10.00 Å². The van der Waals surface area contributed by atoms with Gasteiger partial charge < -0.3 is 15.0 Å². The number of rotatable bonds is 8. The van der Waals surface area contributed by atoms with Crippen molar-refractivity contribution in [2.45, 2.75) is 6.54 Å². The SMILES string of the molecule is C=CC(=O)Nc1cccc(Oc2cnc3[nH]cc(-c4cnn(CCN5CC(C#N)C5)c4)c3n2)c1. The molecule has 1 aliphatic heterocycles. The number of carbonyl (C=O) groups excluding carboxylic acids is 1. The molecule has 0 bridgehead atoms. The van der Waals surface area contributed by atoms with Crippen LogP contribution in [0.3, 0.4) is 0 Å². The molecule has 2 N–H and O–H groups in total. The van der Waals surface area contributed by atoms with Gasteiger partial charge in [0, 0.05) is 54.9 Å². The van der Waals surface area contributed by atoms with E-state index in [0.29, 0.717) is 28.5 Å². The molecular weight excluding hydrogens is 432 g/mol. The van der Waals surface area contributed by atoms with Crippen LogP contribution in [-0.4, -0.2) is 55.2 Å². The molecule has 5 rings (SSSR count). The Bertz CT molecular complexity index is 1390. The Morgan fingerprint density at radius 2 is 2.24 bits per heavy atom. The largest absolute Gasteiger partial charge is 0.437 e. The molecule has 34 heavy (non-hydrogen) atoms. The highest BCUT2D eigenvalue weighted by atomic mass is 16.5. The third-order valence-corrected chi connectivity index (χ3v) is 5.60. The maximum absolute atomic E-state index is 11.5. The van der Waals surface area contributed by atoms with E-state index in [2.05, 4.69) is 42.9 Å². The second-order valence-corrected chi connectivity index (χ2v) is 8.01. The molecule has 0 atom stereocenters. The molecule has 4 heterocycles. The number of likely N-dealkylation sites (tertiary alicyclic amines) is 1. The van der Waals surface area contributed by atoms with Crippen molar-refractivity contribution in [1.29, 1.82) is 5.26 Å². The Hall–Kier alpha value is -4.49. The van der Waals surface area contributed by atoms with Crippen LogP contribution in [-0.2, 0) is 11.3 Å². The lowest BCUT2D eigenvalue weighted by molar-refractivity contribution is -0.111. The Kier molecular flexibility index (Phi) is 5.76. The van der Waals surface area contributed by atoms with Crippen LogP contribution in [0.15, 0.2) is 61.7 Å². The van der Waals surface area contributed by atoms with Gasteiger partial charge in [0.25, 0.3) is 0 Å². The van der Waals surface area contributed by atoms with Gasteiger partial charge in [-0.25, -0.2) is 9.97 Å². The van der Waals surface area contributed by atoms with Crippen molar-refractivity contribution in [1.82, 2.24) is 29.6 Å². The van der Waals surface area contributed by atoms with Gasteiger partial charge in [0.15, 0.2) is 5.65 Å². The number of nitrogens with zero attached hydrogens (tertiary/aromatic N) is 6. The molecule has 0 unspecified atom stereocenters. The summed E-state index contributed by atoms with van der Waals surface area (Å²) in [5, 5.41) is 16.1. The van der Waals surface area contributed by atoms with E-state index in [1.165, 1.54) is 6.08 Å². The number of ether oxygens (including phenoxy) is 1. The van der Waals surface area contributed by atoms with Crippen LogP contribution in [0.25, 0.3) is 22.3 Å². The molecule has 10 nitrogen and oxygen atoms in total. The molecule has 170 valence electrons. The fourth-order valence-corrected chi connectivity index (χ4v) is 3.80. The zero-order valence-corrected chi connectivity index (χ0v) is 18.3. The van der Waals surface area contributed by atoms with E-state index >= 15 is 0 Å². The number of nitriles is 1. The molecule has 0 aliphatic carbocycles. The number of hydrogen-bond donors (Lipinski definition) is 2. The first-order valence-corrected chi connectivity index (χ1v) is 10.8. The molecule has 0 radical (unpaired) electrons. The minimum Gasteiger partial charge on any atom is -0.437 e.